The maximum atomic E-state index is 13.0. The average molecular weight is 433 g/mol. The first-order chi connectivity index (χ1) is 14.8. The predicted octanol–water partition coefficient (Wildman–Crippen LogP) is 1.29. The first-order valence-corrected chi connectivity index (χ1v) is 11.3. The molecule has 31 heavy (non-hydrogen) atoms. The van der Waals surface area contributed by atoms with Crippen LogP contribution in [0, 0.1) is 5.92 Å². The third-order valence-corrected chi connectivity index (χ3v) is 6.17. The molecular weight excluding hydrogens is 398 g/mol. The van der Waals surface area contributed by atoms with Crippen molar-refractivity contribution < 1.29 is 28.7 Å². The largest absolute Gasteiger partial charge is 0.454 e. The van der Waals surface area contributed by atoms with E-state index in [1.165, 1.54) is 10.5 Å². The van der Waals surface area contributed by atoms with Crippen molar-refractivity contribution in [3.05, 3.63) is 23.8 Å². The first-order valence-electron chi connectivity index (χ1n) is 11.3. The summed E-state index contributed by atoms with van der Waals surface area (Å²) < 4.78 is 16.3. The molecule has 8 nitrogen and oxygen atoms in total. The van der Waals surface area contributed by atoms with Crippen molar-refractivity contribution in [3.63, 3.8) is 0 Å². The van der Waals surface area contributed by atoms with Gasteiger partial charge in [0.2, 0.25) is 12.7 Å². The number of carbonyl (C=O) groups excluding carboxylic acids is 2. The van der Waals surface area contributed by atoms with Gasteiger partial charge in [0, 0.05) is 24.6 Å². The van der Waals surface area contributed by atoms with Crippen molar-refractivity contribution in [1.29, 1.82) is 0 Å². The fraction of sp³-hybridized carbons (Fsp3) is 0.652. The van der Waals surface area contributed by atoms with Crippen molar-refractivity contribution in [2.24, 2.45) is 5.92 Å². The molecule has 0 radical (unpaired) electrons. The number of nitrogens with one attached hydrogen (secondary N) is 1. The lowest BCUT2D eigenvalue weighted by Gasteiger charge is -2.37. The lowest BCUT2D eigenvalue weighted by Crippen LogP contribution is -3.13. The third-order valence-electron chi connectivity index (χ3n) is 6.17. The molecular formula is C23H34N3O5+. The predicted molar refractivity (Wildman–Crippen MR) is 114 cm³/mol. The summed E-state index contributed by atoms with van der Waals surface area (Å²) in [7, 11) is 0. The van der Waals surface area contributed by atoms with Crippen molar-refractivity contribution in [3.8, 4) is 11.5 Å². The van der Waals surface area contributed by atoms with E-state index in [4.69, 9.17) is 14.2 Å². The third kappa shape index (κ3) is 5.42. The molecule has 0 atom stereocenters. The van der Waals surface area contributed by atoms with Gasteiger partial charge >= 0.3 is 6.09 Å². The summed E-state index contributed by atoms with van der Waals surface area (Å²) in [6, 6.07) is 6.13. The molecule has 0 unspecified atom stereocenters. The number of piperidine rings is 1. The second-order valence-electron chi connectivity index (χ2n) is 9.68. The van der Waals surface area contributed by atoms with E-state index < -0.39 is 5.60 Å². The molecule has 8 heteroatoms. The Labute approximate surface area is 184 Å². The Bertz CT molecular complexity index is 806. The Balaban J connectivity index is 1.21. The van der Waals surface area contributed by atoms with Crippen LogP contribution in [0.25, 0.3) is 0 Å². The topological polar surface area (TPSA) is 72.8 Å². The van der Waals surface area contributed by atoms with Crippen LogP contribution in [-0.2, 0) is 16.1 Å². The van der Waals surface area contributed by atoms with E-state index >= 15 is 0 Å². The summed E-state index contributed by atoms with van der Waals surface area (Å²) in [4.78, 5) is 30.4. The number of benzene rings is 1. The van der Waals surface area contributed by atoms with E-state index in [9.17, 15) is 9.59 Å². The van der Waals surface area contributed by atoms with Crippen LogP contribution >= 0.6 is 0 Å². The molecule has 3 aliphatic rings. The smallest absolute Gasteiger partial charge is 0.410 e. The van der Waals surface area contributed by atoms with Crippen LogP contribution in [0.3, 0.4) is 0 Å². The number of rotatable bonds is 3. The quantitative estimate of drug-likeness (QED) is 0.779. The van der Waals surface area contributed by atoms with Gasteiger partial charge in [-0.2, -0.15) is 0 Å². The fourth-order valence-electron chi connectivity index (χ4n) is 4.45. The molecule has 1 aromatic carbocycles. The van der Waals surface area contributed by atoms with Gasteiger partial charge in [-0.15, -0.1) is 0 Å². The summed E-state index contributed by atoms with van der Waals surface area (Å²) in [6.45, 7) is 11.4. The second kappa shape index (κ2) is 8.94. The van der Waals surface area contributed by atoms with Gasteiger partial charge < -0.3 is 28.9 Å². The Morgan fingerprint density at radius 2 is 1.71 bits per heavy atom. The van der Waals surface area contributed by atoms with E-state index in [-0.39, 0.29) is 17.9 Å². The van der Waals surface area contributed by atoms with E-state index in [1.807, 2.05) is 31.7 Å². The SMILES string of the molecule is CC(C)(C)OC(=O)N1CCC(C(=O)N2CC[NH+](Cc3ccc4c(c3)OCO4)CC2)CC1. The minimum Gasteiger partial charge on any atom is -0.454 e. The van der Waals surface area contributed by atoms with Gasteiger partial charge in [-0.25, -0.2) is 4.79 Å². The van der Waals surface area contributed by atoms with Crippen LogP contribution in [0.4, 0.5) is 4.79 Å². The van der Waals surface area contributed by atoms with Crippen LogP contribution in [0.5, 0.6) is 11.5 Å². The molecule has 0 aromatic heterocycles. The van der Waals surface area contributed by atoms with Crippen LogP contribution in [-0.4, -0.2) is 73.5 Å². The molecule has 0 saturated carbocycles. The normalized spacial score (nSPS) is 20.1. The van der Waals surface area contributed by atoms with Crippen molar-refractivity contribution in [1.82, 2.24) is 9.80 Å². The van der Waals surface area contributed by atoms with E-state index in [2.05, 4.69) is 12.1 Å². The number of hydrogen-bond acceptors (Lipinski definition) is 5. The molecule has 3 heterocycles. The Morgan fingerprint density at radius 3 is 2.39 bits per heavy atom. The Hall–Kier alpha value is -2.48. The molecule has 2 amide bonds. The Morgan fingerprint density at radius 1 is 1.03 bits per heavy atom. The van der Waals surface area contributed by atoms with Gasteiger partial charge in [-0.05, 0) is 51.8 Å². The lowest BCUT2D eigenvalue weighted by atomic mass is 9.95. The number of piperazine rings is 1. The second-order valence-corrected chi connectivity index (χ2v) is 9.68. The molecule has 4 rings (SSSR count). The van der Waals surface area contributed by atoms with Crippen molar-refractivity contribution >= 4 is 12.0 Å². The summed E-state index contributed by atoms with van der Waals surface area (Å²) in [5.74, 6) is 1.88. The average Bonchev–Trinajstić information content (AvgIpc) is 3.21. The highest BCUT2D eigenvalue weighted by Gasteiger charge is 2.34. The zero-order valence-electron chi connectivity index (χ0n) is 18.8. The number of nitrogens with zero attached hydrogens (tertiary/aromatic N) is 2. The molecule has 0 aliphatic carbocycles. The summed E-state index contributed by atoms with van der Waals surface area (Å²) in [5.41, 5.74) is 0.736. The van der Waals surface area contributed by atoms with Crippen molar-refractivity contribution in [2.45, 2.75) is 45.8 Å². The monoisotopic (exact) mass is 432 g/mol. The highest BCUT2D eigenvalue weighted by molar-refractivity contribution is 5.79. The molecule has 3 aliphatic heterocycles. The van der Waals surface area contributed by atoms with Crippen LogP contribution in [0.15, 0.2) is 18.2 Å². The number of quaternary nitrogens is 1. The van der Waals surface area contributed by atoms with Gasteiger partial charge in [0.05, 0.1) is 26.2 Å². The number of likely N-dealkylation sites (tertiary alicyclic amines) is 1. The number of carbonyl (C=O) groups is 2. The number of hydrogen-bond donors (Lipinski definition) is 1. The standard InChI is InChI=1S/C23H33N3O5/c1-23(2,3)31-22(28)26-8-6-18(7-9-26)21(27)25-12-10-24(11-13-25)15-17-4-5-19-20(14-17)30-16-29-19/h4-5,14,18H,6-13,15-16H2,1-3H3/p+1. The van der Waals surface area contributed by atoms with Gasteiger partial charge in [0.15, 0.2) is 11.5 Å². The number of amides is 2. The summed E-state index contributed by atoms with van der Waals surface area (Å²) in [6.07, 6.45) is 1.14. The molecule has 2 fully saturated rings. The van der Waals surface area contributed by atoms with Crippen LogP contribution < -0.4 is 14.4 Å². The van der Waals surface area contributed by atoms with Crippen molar-refractivity contribution in [2.75, 3.05) is 46.1 Å². The number of fused-ring (bicyclic) bond motifs is 1. The lowest BCUT2D eigenvalue weighted by molar-refractivity contribution is -0.917. The van der Waals surface area contributed by atoms with Gasteiger partial charge in [0.25, 0.3) is 0 Å². The van der Waals surface area contributed by atoms with Crippen LogP contribution in [0.2, 0.25) is 0 Å². The van der Waals surface area contributed by atoms with E-state index in [1.54, 1.807) is 4.90 Å². The number of ether oxygens (including phenoxy) is 3. The maximum Gasteiger partial charge on any atom is 0.410 e. The van der Waals surface area contributed by atoms with Crippen LogP contribution in [0.1, 0.15) is 39.2 Å². The maximum absolute atomic E-state index is 13.0. The summed E-state index contributed by atoms with van der Waals surface area (Å²) in [5, 5.41) is 0. The highest BCUT2D eigenvalue weighted by Crippen LogP contribution is 2.32. The zero-order chi connectivity index (χ0) is 22.0. The van der Waals surface area contributed by atoms with Gasteiger partial charge in [0.1, 0.15) is 12.1 Å². The summed E-state index contributed by atoms with van der Waals surface area (Å²) >= 11 is 0. The zero-order valence-corrected chi connectivity index (χ0v) is 18.8. The molecule has 0 bridgehead atoms. The van der Waals surface area contributed by atoms with Gasteiger partial charge in [-0.3, -0.25) is 4.79 Å². The minimum atomic E-state index is -0.494. The molecule has 1 N–H and O–H groups in total. The van der Waals surface area contributed by atoms with E-state index in [0.717, 1.165) is 44.2 Å². The van der Waals surface area contributed by atoms with E-state index in [0.29, 0.717) is 32.7 Å². The molecule has 0 spiro atoms. The molecule has 1 aromatic rings. The van der Waals surface area contributed by atoms with Gasteiger partial charge in [-0.1, -0.05) is 0 Å². The molecule has 170 valence electrons. The molecule has 2 saturated heterocycles. The highest BCUT2D eigenvalue weighted by atomic mass is 16.7. The minimum absolute atomic E-state index is 0.00842. The fourth-order valence-corrected chi connectivity index (χ4v) is 4.45. The Kier molecular flexibility index (Phi) is 6.27. The first kappa shape index (κ1) is 21.7.